The Morgan fingerprint density at radius 3 is 2.78 bits per heavy atom. The fourth-order valence-electron chi connectivity index (χ4n) is 2.69. The Morgan fingerprint density at radius 2 is 2.17 bits per heavy atom. The smallest absolute Gasteiger partial charge is 0.255 e. The lowest BCUT2D eigenvalue weighted by Gasteiger charge is -2.28. The fraction of sp³-hybridized carbons (Fsp3) is 0.533. The second kappa shape index (κ2) is 5.43. The number of halogens is 1. The Kier molecular flexibility index (Phi) is 4.10. The van der Waals surface area contributed by atoms with Gasteiger partial charge in [0, 0.05) is 17.1 Å². The predicted octanol–water partition coefficient (Wildman–Crippen LogP) is 4.02. The Balaban J connectivity index is 2.25. The lowest BCUT2D eigenvalue weighted by atomic mass is 10.0. The first-order valence-electron chi connectivity index (χ1n) is 6.58. The van der Waals surface area contributed by atoms with E-state index in [-0.39, 0.29) is 5.91 Å². The number of benzene rings is 1. The zero-order valence-electron chi connectivity index (χ0n) is 11.2. The van der Waals surface area contributed by atoms with Gasteiger partial charge in [0.15, 0.2) is 0 Å². The number of nitrogens with zero attached hydrogens (tertiary/aromatic N) is 1. The summed E-state index contributed by atoms with van der Waals surface area (Å²) in [5.41, 5.74) is 1.95. The molecule has 0 saturated carbocycles. The molecule has 18 heavy (non-hydrogen) atoms. The van der Waals surface area contributed by atoms with E-state index >= 15 is 0 Å². The number of rotatable bonds is 2. The van der Waals surface area contributed by atoms with Gasteiger partial charge in [0.25, 0.3) is 5.91 Å². The largest absolute Gasteiger partial charge is 0.335 e. The van der Waals surface area contributed by atoms with Crippen molar-refractivity contribution in [3.8, 4) is 0 Å². The lowest BCUT2D eigenvalue weighted by Crippen LogP contribution is -2.38. The van der Waals surface area contributed by atoms with E-state index in [1.165, 1.54) is 5.56 Å². The van der Waals surface area contributed by atoms with Gasteiger partial charge in [0.1, 0.15) is 0 Å². The topological polar surface area (TPSA) is 20.3 Å². The molecule has 0 N–H and O–H groups in total. The summed E-state index contributed by atoms with van der Waals surface area (Å²) in [5.74, 6) is 0.693. The van der Waals surface area contributed by atoms with Gasteiger partial charge in [-0.3, -0.25) is 4.79 Å². The van der Waals surface area contributed by atoms with Crippen molar-refractivity contribution in [2.24, 2.45) is 5.92 Å². The van der Waals surface area contributed by atoms with Crippen LogP contribution in [0.2, 0.25) is 0 Å². The van der Waals surface area contributed by atoms with Crippen molar-refractivity contribution in [2.75, 3.05) is 6.54 Å². The van der Waals surface area contributed by atoms with Gasteiger partial charge in [-0.2, -0.15) is 0 Å². The van der Waals surface area contributed by atoms with Gasteiger partial charge in [-0.25, -0.2) is 0 Å². The highest BCUT2D eigenvalue weighted by Gasteiger charge is 2.31. The summed E-state index contributed by atoms with van der Waals surface area (Å²) in [6.45, 7) is 7.31. The predicted molar refractivity (Wildman–Crippen MR) is 77.8 cm³/mol. The number of hydrogen-bond acceptors (Lipinski definition) is 1. The number of likely N-dealkylation sites (tertiary alicyclic amines) is 1. The van der Waals surface area contributed by atoms with Gasteiger partial charge in [0.05, 0.1) is 5.56 Å². The molecular weight excluding hydrogens is 290 g/mol. The summed E-state index contributed by atoms with van der Waals surface area (Å²) in [6, 6.07) is 6.33. The third-order valence-electron chi connectivity index (χ3n) is 3.68. The summed E-state index contributed by atoms with van der Waals surface area (Å²) in [6.07, 6.45) is 2.25. The van der Waals surface area contributed by atoms with Gasteiger partial charge < -0.3 is 4.90 Å². The zero-order valence-corrected chi connectivity index (χ0v) is 12.8. The molecule has 3 heteroatoms. The van der Waals surface area contributed by atoms with Crippen LogP contribution in [0, 0.1) is 12.8 Å². The first kappa shape index (κ1) is 13.6. The fourth-order valence-corrected chi connectivity index (χ4v) is 3.35. The molecule has 0 aliphatic carbocycles. The van der Waals surface area contributed by atoms with Gasteiger partial charge in [-0.1, -0.05) is 19.9 Å². The van der Waals surface area contributed by atoms with Crippen LogP contribution in [0.1, 0.15) is 42.6 Å². The molecule has 1 amide bonds. The number of carbonyl (C=O) groups excluding carboxylic acids is 1. The Bertz CT molecular complexity index is 456. The van der Waals surface area contributed by atoms with Crippen molar-refractivity contribution in [3.63, 3.8) is 0 Å². The molecule has 1 fully saturated rings. The molecule has 98 valence electrons. The molecular formula is C15H20BrNO. The first-order chi connectivity index (χ1) is 8.50. The van der Waals surface area contributed by atoms with Crippen molar-refractivity contribution in [1.29, 1.82) is 0 Å². The molecule has 1 aromatic rings. The molecule has 0 bridgehead atoms. The van der Waals surface area contributed by atoms with Crippen LogP contribution in [-0.2, 0) is 0 Å². The van der Waals surface area contributed by atoms with E-state index in [1.54, 1.807) is 0 Å². The minimum atomic E-state index is 0.165. The SMILES string of the molecule is Cc1ccc(C(=O)N2CCCC2C(C)C)c(Br)c1. The number of hydrogen-bond donors (Lipinski definition) is 0. The zero-order chi connectivity index (χ0) is 13.3. The van der Waals surface area contributed by atoms with E-state index in [0.717, 1.165) is 29.4 Å². The quantitative estimate of drug-likeness (QED) is 0.808. The Hall–Kier alpha value is -0.830. The van der Waals surface area contributed by atoms with Crippen LogP contribution < -0.4 is 0 Å². The van der Waals surface area contributed by atoms with Crippen molar-refractivity contribution in [3.05, 3.63) is 33.8 Å². The van der Waals surface area contributed by atoms with Crippen LogP contribution in [-0.4, -0.2) is 23.4 Å². The molecule has 1 unspecified atom stereocenters. The summed E-state index contributed by atoms with van der Waals surface area (Å²) in [4.78, 5) is 14.6. The number of aryl methyl sites for hydroxylation is 1. The molecule has 2 nitrogen and oxygen atoms in total. The van der Waals surface area contributed by atoms with E-state index < -0.39 is 0 Å². The van der Waals surface area contributed by atoms with E-state index in [1.807, 2.05) is 30.0 Å². The van der Waals surface area contributed by atoms with Crippen LogP contribution in [0.3, 0.4) is 0 Å². The van der Waals surface area contributed by atoms with Crippen molar-refractivity contribution in [2.45, 2.75) is 39.7 Å². The highest BCUT2D eigenvalue weighted by atomic mass is 79.9. The van der Waals surface area contributed by atoms with Crippen LogP contribution >= 0.6 is 15.9 Å². The van der Waals surface area contributed by atoms with Crippen LogP contribution in [0.5, 0.6) is 0 Å². The van der Waals surface area contributed by atoms with E-state index in [0.29, 0.717) is 12.0 Å². The summed E-state index contributed by atoms with van der Waals surface area (Å²) < 4.78 is 0.905. The van der Waals surface area contributed by atoms with Gasteiger partial charge in [-0.15, -0.1) is 0 Å². The highest BCUT2D eigenvalue weighted by Crippen LogP contribution is 2.28. The van der Waals surface area contributed by atoms with Crippen molar-refractivity contribution in [1.82, 2.24) is 4.90 Å². The van der Waals surface area contributed by atoms with Gasteiger partial charge >= 0.3 is 0 Å². The molecule has 1 atom stereocenters. The molecule has 1 aliphatic rings. The minimum absolute atomic E-state index is 0.165. The van der Waals surface area contributed by atoms with Crippen LogP contribution in [0.15, 0.2) is 22.7 Å². The first-order valence-corrected chi connectivity index (χ1v) is 7.37. The lowest BCUT2D eigenvalue weighted by molar-refractivity contribution is 0.0700. The van der Waals surface area contributed by atoms with Crippen molar-refractivity contribution >= 4 is 21.8 Å². The molecule has 1 heterocycles. The summed E-state index contributed by atoms with van der Waals surface area (Å²) in [5, 5.41) is 0. The monoisotopic (exact) mass is 309 g/mol. The van der Waals surface area contributed by atoms with Gasteiger partial charge in [0.2, 0.25) is 0 Å². The van der Waals surface area contributed by atoms with Crippen molar-refractivity contribution < 1.29 is 4.79 Å². The second-order valence-corrected chi connectivity index (χ2v) is 6.29. The second-order valence-electron chi connectivity index (χ2n) is 5.44. The maximum atomic E-state index is 12.6. The molecule has 2 rings (SSSR count). The minimum Gasteiger partial charge on any atom is -0.335 e. The average molecular weight is 310 g/mol. The Morgan fingerprint density at radius 1 is 1.44 bits per heavy atom. The van der Waals surface area contributed by atoms with E-state index in [2.05, 4.69) is 29.8 Å². The molecule has 1 aromatic carbocycles. The van der Waals surface area contributed by atoms with E-state index in [4.69, 9.17) is 0 Å². The number of amides is 1. The highest BCUT2D eigenvalue weighted by molar-refractivity contribution is 9.10. The third kappa shape index (κ3) is 2.61. The molecule has 0 aromatic heterocycles. The maximum absolute atomic E-state index is 12.6. The number of carbonyl (C=O) groups is 1. The van der Waals surface area contributed by atoms with E-state index in [9.17, 15) is 4.79 Å². The van der Waals surface area contributed by atoms with Crippen LogP contribution in [0.25, 0.3) is 0 Å². The normalized spacial score (nSPS) is 19.6. The third-order valence-corrected chi connectivity index (χ3v) is 4.34. The molecule has 0 spiro atoms. The molecule has 0 radical (unpaired) electrons. The molecule has 1 aliphatic heterocycles. The van der Waals surface area contributed by atoms with Crippen LogP contribution in [0.4, 0.5) is 0 Å². The average Bonchev–Trinajstić information content (AvgIpc) is 2.77. The molecule has 1 saturated heterocycles. The summed E-state index contributed by atoms with van der Waals surface area (Å²) >= 11 is 3.50. The van der Waals surface area contributed by atoms with Gasteiger partial charge in [-0.05, 0) is 59.3 Å². The standard InChI is InChI=1S/C15H20BrNO/c1-10(2)14-5-4-8-17(14)15(18)12-7-6-11(3)9-13(12)16/h6-7,9-10,14H,4-5,8H2,1-3H3. The Labute approximate surface area is 117 Å². The summed E-state index contributed by atoms with van der Waals surface area (Å²) in [7, 11) is 0. The maximum Gasteiger partial charge on any atom is 0.255 e.